The first kappa shape index (κ1) is 18.0. The van der Waals surface area contributed by atoms with Gasteiger partial charge in [0.1, 0.15) is 0 Å². The van der Waals surface area contributed by atoms with E-state index in [2.05, 4.69) is 4.90 Å². The zero-order chi connectivity index (χ0) is 11.5. The van der Waals surface area contributed by atoms with Crippen molar-refractivity contribution in [3.05, 3.63) is 0 Å². The van der Waals surface area contributed by atoms with Crippen molar-refractivity contribution in [2.45, 2.75) is 44.7 Å². The topological polar surface area (TPSA) is 49.6 Å². The van der Waals surface area contributed by atoms with Gasteiger partial charge in [-0.3, -0.25) is 9.69 Å². The van der Waals surface area contributed by atoms with Crippen molar-refractivity contribution < 1.29 is 4.79 Å². The molecule has 2 rings (SSSR count). The van der Waals surface area contributed by atoms with Crippen LogP contribution in [-0.2, 0) is 4.79 Å². The van der Waals surface area contributed by atoms with Gasteiger partial charge in [0.05, 0.1) is 6.04 Å². The van der Waals surface area contributed by atoms with Crippen LogP contribution in [0.15, 0.2) is 0 Å². The third-order valence-corrected chi connectivity index (χ3v) is 3.77. The first-order chi connectivity index (χ1) is 7.68. The Hall–Kier alpha value is -0.0300. The molecule has 2 N–H and O–H groups in total. The van der Waals surface area contributed by atoms with Crippen molar-refractivity contribution in [3.63, 3.8) is 0 Å². The highest BCUT2D eigenvalue weighted by Gasteiger charge is 2.31. The van der Waals surface area contributed by atoms with Crippen molar-refractivity contribution in [1.29, 1.82) is 0 Å². The zero-order valence-corrected chi connectivity index (χ0v) is 12.6. The summed E-state index contributed by atoms with van der Waals surface area (Å²) in [5, 5.41) is 0. The Morgan fingerprint density at radius 1 is 1.17 bits per heavy atom. The largest absolute Gasteiger partial charge is 0.340 e. The van der Waals surface area contributed by atoms with Crippen LogP contribution >= 0.6 is 24.8 Å². The molecule has 0 saturated carbocycles. The zero-order valence-electron chi connectivity index (χ0n) is 11.0. The molecule has 2 aliphatic heterocycles. The summed E-state index contributed by atoms with van der Waals surface area (Å²) in [6, 6.07) is 0.239. The maximum Gasteiger partial charge on any atom is 0.239 e. The van der Waals surface area contributed by atoms with Crippen LogP contribution in [0, 0.1) is 0 Å². The first-order valence-corrected chi connectivity index (χ1v) is 6.47. The SMILES string of the molecule is C[C@H](N)C(=O)N1CCC(N2CCCCC2)C1.Cl.Cl. The molecule has 2 fully saturated rings. The second-order valence-corrected chi connectivity index (χ2v) is 5.11. The van der Waals surface area contributed by atoms with Gasteiger partial charge in [-0.05, 0) is 39.3 Å². The number of carbonyl (C=O) groups excluding carboxylic acids is 1. The van der Waals surface area contributed by atoms with Crippen molar-refractivity contribution in [2.24, 2.45) is 5.73 Å². The van der Waals surface area contributed by atoms with E-state index >= 15 is 0 Å². The molecule has 2 atom stereocenters. The summed E-state index contributed by atoms with van der Waals surface area (Å²) in [5.74, 6) is 0.111. The molecule has 1 amide bonds. The van der Waals surface area contributed by atoms with Crippen LogP contribution in [0.4, 0.5) is 0 Å². The number of nitrogens with zero attached hydrogens (tertiary/aromatic N) is 2. The average Bonchev–Trinajstić information content (AvgIpc) is 2.78. The summed E-state index contributed by atoms with van der Waals surface area (Å²) in [4.78, 5) is 16.2. The number of hydrogen-bond acceptors (Lipinski definition) is 3. The predicted octanol–water partition coefficient (Wildman–Crippen LogP) is 1.26. The van der Waals surface area contributed by atoms with E-state index in [-0.39, 0.29) is 36.8 Å². The summed E-state index contributed by atoms with van der Waals surface area (Å²) in [6.07, 6.45) is 5.12. The van der Waals surface area contributed by atoms with Gasteiger partial charge in [-0.25, -0.2) is 0 Å². The van der Waals surface area contributed by atoms with E-state index in [0.717, 1.165) is 19.5 Å². The minimum Gasteiger partial charge on any atom is -0.340 e. The fourth-order valence-corrected chi connectivity index (χ4v) is 2.81. The standard InChI is InChI=1S/C12H23N3O.2ClH/c1-10(13)12(16)15-8-5-11(9-15)14-6-3-2-4-7-14;;/h10-11H,2-9,13H2,1H3;2*1H/t10-,11?;;/m0../s1. The minimum atomic E-state index is -0.347. The van der Waals surface area contributed by atoms with Crippen molar-refractivity contribution in [2.75, 3.05) is 26.2 Å². The van der Waals surface area contributed by atoms with Crippen LogP contribution in [-0.4, -0.2) is 54.0 Å². The maximum atomic E-state index is 11.8. The molecule has 2 saturated heterocycles. The first-order valence-electron chi connectivity index (χ1n) is 6.47. The molecule has 18 heavy (non-hydrogen) atoms. The van der Waals surface area contributed by atoms with Gasteiger partial charge in [0.15, 0.2) is 0 Å². The molecular formula is C12H25Cl2N3O. The van der Waals surface area contributed by atoms with E-state index < -0.39 is 0 Å². The lowest BCUT2D eigenvalue weighted by Gasteiger charge is -2.32. The molecule has 0 spiro atoms. The van der Waals surface area contributed by atoms with Gasteiger partial charge in [0.25, 0.3) is 0 Å². The quantitative estimate of drug-likeness (QED) is 0.835. The highest BCUT2D eigenvalue weighted by atomic mass is 35.5. The highest BCUT2D eigenvalue weighted by Crippen LogP contribution is 2.20. The molecular weight excluding hydrogens is 273 g/mol. The maximum absolute atomic E-state index is 11.8. The van der Waals surface area contributed by atoms with Crippen molar-refractivity contribution in [1.82, 2.24) is 9.80 Å². The van der Waals surface area contributed by atoms with Crippen molar-refractivity contribution in [3.8, 4) is 0 Å². The Bertz CT molecular complexity index is 258. The van der Waals surface area contributed by atoms with Gasteiger partial charge in [0, 0.05) is 19.1 Å². The summed E-state index contributed by atoms with van der Waals surface area (Å²) in [7, 11) is 0. The van der Waals surface area contributed by atoms with Gasteiger partial charge in [-0.1, -0.05) is 6.42 Å². The monoisotopic (exact) mass is 297 g/mol. The second kappa shape index (κ2) is 8.20. The summed E-state index contributed by atoms with van der Waals surface area (Å²) >= 11 is 0. The van der Waals surface area contributed by atoms with Crippen LogP contribution in [0.3, 0.4) is 0 Å². The van der Waals surface area contributed by atoms with E-state index in [1.807, 2.05) is 4.90 Å². The number of halogens is 2. The number of carbonyl (C=O) groups is 1. The Morgan fingerprint density at radius 3 is 2.33 bits per heavy atom. The van der Waals surface area contributed by atoms with E-state index in [4.69, 9.17) is 5.73 Å². The molecule has 0 aromatic heterocycles. The van der Waals surface area contributed by atoms with Gasteiger partial charge >= 0.3 is 0 Å². The predicted molar refractivity (Wildman–Crippen MR) is 78.6 cm³/mol. The number of rotatable bonds is 2. The van der Waals surface area contributed by atoms with E-state index in [1.165, 1.54) is 32.4 Å². The molecule has 1 unspecified atom stereocenters. The average molecular weight is 298 g/mol. The molecule has 4 nitrogen and oxygen atoms in total. The second-order valence-electron chi connectivity index (χ2n) is 5.11. The van der Waals surface area contributed by atoms with E-state index in [0.29, 0.717) is 6.04 Å². The van der Waals surface area contributed by atoms with Crippen LogP contribution in [0.5, 0.6) is 0 Å². The normalized spacial score (nSPS) is 26.1. The smallest absolute Gasteiger partial charge is 0.239 e. The fourth-order valence-electron chi connectivity index (χ4n) is 2.81. The number of nitrogens with two attached hydrogens (primary N) is 1. The Labute approximate surface area is 122 Å². The third-order valence-electron chi connectivity index (χ3n) is 3.77. The Kier molecular flexibility index (Phi) is 8.19. The Balaban J connectivity index is 0.00000144. The molecule has 0 aliphatic carbocycles. The van der Waals surface area contributed by atoms with Crippen LogP contribution in [0.1, 0.15) is 32.6 Å². The highest BCUT2D eigenvalue weighted by molar-refractivity contribution is 5.85. The summed E-state index contributed by atoms with van der Waals surface area (Å²) in [5.41, 5.74) is 5.63. The van der Waals surface area contributed by atoms with Gasteiger partial charge in [-0.2, -0.15) is 0 Å². The summed E-state index contributed by atoms with van der Waals surface area (Å²) < 4.78 is 0. The van der Waals surface area contributed by atoms with E-state index in [9.17, 15) is 4.79 Å². The lowest BCUT2D eigenvalue weighted by molar-refractivity contribution is -0.131. The molecule has 0 aromatic rings. The fraction of sp³-hybridized carbons (Fsp3) is 0.917. The summed E-state index contributed by atoms with van der Waals surface area (Å²) in [6.45, 7) is 5.98. The number of likely N-dealkylation sites (tertiary alicyclic amines) is 2. The van der Waals surface area contributed by atoms with Crippen LogP contribution in [0.25, 0.3) is 0 Å². The van der Waals surface area contributed by atoms with Crippen LogP contribution < -0.4 is 5.73 Å². The molecule has 2 heterocycles. The molecule has 2 aliphatic rings. The lowest BCUT2D eigenvalue weighted by Crippen LogP contribution is -2.44. The van der Waals surface area contributed by atoms with Gasteiger partial charge in [0.2, 0.25) is 5.91 Å². The number of hydrogen-bond donors (Lipinski definition) is 1. The molecule has 0 bridgehead atoms. The minimum absolute atomic E-state index is 0. The van der Waals surface area contributed by atoms with Crippen molar-refractivity contribution >= 4 is 30.7 Å². The van der Waals surface area contributed by atoms with Gasteiger partial charge < -0.3 is 10.6 Å². The van der Waals surface area contributed by atoms with Crippen LogP contribution in [0.2, 0.25) is 0 Å². The number of piperidine rings is 1. The Morgan fingerprint density at radius 2 is 1.78 bits per heavy atom. The van der Waals surface area contributed by atoms with Gasteiger partial charge in [-0.15, -0.1) is 24.8 Å². The van der Waals surface area contributed by atoms with E-state index in [1.54, 1.807) is 6.92 Å². The molecule has 6 heteroatoms. The molecule has 0 radical (unpaired) electrons. The number of amides is 1. The third kappa shape index (κ3) is 4.26. The molecule has 0 aromatic carbocycles. The molecule has 108 valence electrons. The lowest BCUT2D eigenvalue weighted by atomic mass is 10.1.